The lowest BCUT2D eigenvalue weighted by Gasteiger charge is -2.18. The molecule has 5 nitrogen and oxygen atoms in total. The van der Waals surface area contributed by atoms with Crippen LogP contribution in [0.5, 0.6) is 0 Å². The van der Waals surface area contributed by atoms with Gasteiger partial charge in [-0.25, -0.2) is 0 Å². The predicted molar refractivity (Wildman–Crippen MR) is 59.1 cm³/mol. The number of rotatable bonds is 6. The number of nitrogens with zero attached hydrogens (tertiary/aromatic N) is 2. The average molecular weight is 213 g/mol. The molecule has 0 spiro atoms. The van der Waals surface area contributed by atoms with E-state index in [1.54, 1.807) is 12.0 Å². The van der Waals surface area contributed by atoms with Crippen molar-refractivity contribution in [1.29, 1.82) is 0 Å². The maximum atomic E-state index is 11.7. The van der Waals surface area contributed by atoms with E-state index >= 15 is 0 Å². The Balaban J connectivity index is 2.40. The summed E-state index contributed by atoms with van der Waals surface area (Å²) in [7, 11) is 3.50. The summed E-state index contributed by atoms with van der Waals surface area (Å²) < 4.78 is 4.89. The van der Waals surface area contributed by atoms with Crippen LogP contribution in [0.15, 0.2) is 4.99 Å². The summed E-state index contributed by atoms with van der Waals surface area (Å²) in [5.41, 5.74) is 0. The summed E-state index contributed by atoms with van der Waals surface area (Å²) in [6.45, 7) is 2.79. The Hall–Kier alpha value is -0.940. The maximum absolute atomic E-state index is 11.7. The predicted octanol–water partition coefficient (Wildman–Crippen LogP) is -0.127. The lowest BCUT2D eigenvalue weighted by Crippen LogP contribution is -2.36. The van der Waals surface area contributed by atoms with Crippen molar-refractivity contribution in [1.82, 2.24) is 10.2 Å². The largest absolute Gasteiger partial charge is 0.384 e. The number of methoxy groups -OCH3 is 1. The molecule has 1 rings (SSSR count). The second kappa shape index (κ2) is 6.53. The van der Waals surface area contributed by atoms with E-state index in [1.807, 2.05) is 7.05 Å². The van der Waals surface area contributed by atoms with Crippen LogP contribution in [-0.2, 0) is 9.53 Å². The number of hydrogen-bond acceptors (Lipinski definition) is 4. The Morgan fingerprint density at radius 2 is 2.47 bits per heavy atom. The first kappa shape index (κ1) is 12.1. The molecule has 0 saturated carbocycles. The van der Waals surface area contributed by atoms with E-state index in [0.717, 1.165) is 31.9 Å². The number of aliphatic imine (C=N–C) groups is 1. The third kappa shape index (κ3) is 3.60. The van der Waals surface area contributed by atoms with Crippen molar-refractivity contribution in [3.63, 3.8) is 0 Å². The van der Waals surface area contributed by atoms with Crippen LogP contribution in [-0.4, -0.2) is 57.0 Å². The van der Waals surface area contributed by atoms with E-state index in [4.69, 9.17) is 4.74 Å². The van der Waals surface area contributed by atoms with E-state index in [0.29, 0.717) is 13.0 Å². The molecule has 1 aliphatic heterocycles. The molecule has 0 fully saturated rings. The summed E-state index contributed by atoms with van der Waals surface area (Å²) >= 11 is 0. The topological polar surface area (TPSA) is 53.9 Å². The van der Waals surface area contributed by atoms with Gasteiger partial charge in [0, 0.05) is 26.6 Å². The third-order valence-electron chi connectivity index (χ3n) is 2.35. The van der Waals surface area contributed by atoms with Gasteiger partial charge in [0.2, 0.25) is 5.91 Å². The van der Waals surface area contributed by atoms with E-state index in [9.17, 15) is 4.79 Å². The molecule has 0 aromatic carbocycles. The van der Waals surface area contributed by atoms with E-state index in [1.165, 1.54) is 0 Å². The van der Waals surface area contributed by atoms with Gasteiger partial charge in [0.25, 0.3) is 0 Å². The highest BCUT2D eigenvalue weighted by Crippen LogP contribution is 2.07. The molecule has 1 N–H and O–H groups in total. The SMILES string of the molecule is CNCCC1=NCCN1C(=O)CCOC. The van der Waals surface area contributed by atoms with Crippen molar-refractivity contribution in [3.8, 4) is 0 Å². The standard InChI is InChI=1S/C10H19N3O2/c1-11-5-3-9-12-6-7-13(9)10(14)4-8-15-2/h11H,3-8H2,1-2H3. The van der Waals surface area contributed by atoms with Crippen LogP contribution in [0.3, 0.4) is 0 Å². The summed E-state index contributed by atoms with van der Waals surface area (Å²) in [6.07, 6.45) is 1.25. The molecule has 1 heterocycles. The number of ether oxygens (including phenoxy) is 1. The first-order valence-corrected chi connectivity index (χ1v) is 5.26. The van der Waals surface area contributed by atoms with Gasteiger partial charge in [-0.05, 0) is 7.05 Å². The molecule has 0 aromatic rings. The minimum absolute atomic E-state index is 0.115. The second-order valence-electron chi connectivity index (χ2n) is 3.44. The van der Waals surface area contributed by atoms with Crippen LogP contribution >= 0.6 is 0 Å². The zero-order chi connectivity index (χ0) is 11.1. The van der Waals surface area contributed by atoms with E-state index < -0.39 is 0 Å². The van der Waals surface area contributed by atoms with Gasteiger partial charge in [0.15, 0.2) is 0 Å². The molecule has 0 bridgehead atoms. The lowest BCUT2D eigenvalue weighted by atomic mass is 10.3. The first-order chi connectivity index (χ1) is 7.29. The third-order valence-corrected chi connectivity index (χ3v) is 2.35. The zero-order valence-corrected chi connectivity index (χ0v) is 9.45. The molecule has 0 atom stereocenters. The molecule has 0 aromatic heterocycles. The molecule has 1 aliphatic rings. The van der Waals surface area contributed by atoms with Gasteiger partial charge in [-0.3, -0.25) is 14.7 Å². The first-order valence-electron chi connectivity index (χ1n) is 5.26. The van der Waals surface area contributed by atoms with Gasteiger partial charge in [0.1, 0.15) is 5.84 Å². The van der Waals surface area contributed by atoms with Gasteiger partial charge in [-0.2, -0.15) is 0 Å². The number of carbonyl (C=O) groups is 1. The van der Waals surface area contributed by atoms with Crippen molar-refractivity contribution in [3.05, 3.63) is 0 Å². The fourth-order valence-electron chi connectivity index (χ4n) is 1.54. The average Bonchev–Trinajstić information content (AvgIpc) is 2.71. The summed E-state index contributed by atoms with van der Waals surface area (Å²) in [5.74, 6) is 1.02. The Kier molecular flexibility index (Phi) is 5.28. The van der Waals surface area contributed by atoms with Crippen LogP contribution in [0.4, 0.5) is 0 Å². The fraction of sp³-hybridized carbons (Fsp3) is 0.800. The molecular weight excluding hydrogens is 194 g/mol. The van der Waals surface area contributed by atoms with Crippen molar-refractivity contribution in [2.24, 2.45) is 4.99 Å². The van der Waals surface area contributed by atoms with Crippen molar-refractivity contribution in [2.75, 3.05) is 40.4 Å². The fourth-order valence-corrected chi connectivity index (χ4v) is 1.54. The lowest BCUT2D eigenvalue weighted by molar-refractivity contribution is -0.127. The quantitative estimate of drug-likeness (QED) is 0.669. The van der Waals surface area contributed by atoms with Crippen molar-refractivity contribution >= 4 is 11.7 Å². The Bertz CT molecular complexity index is 241. The van der Waals surface area contributed by atoms with E-state index in [2.05, 4.69) is 10.3 Å². The molecule has 86 valence electrons. The highest BCUT2D eigenvalue weighted by atomic mass is 16.5. The molecular formula is C10H19N3O2. The van der Waals surface area contributed by atoms with Gasteiger partial charge >= 0.3 is 0 Å². The molecule has 0 aliphatic carbocycles. The van der Waals surface area contributed by atoms with Crippen molar-refractivity contribution in [2.45, 2.75) is 12.8 Å². The molecule has 0 saturated heterocycles. The number of nitrogens with one attached hydrogen (secondary N) is 1. The summed E-state index contributed by atoms with van der Waals surface area (Å²) in [6, 6.07) is 0. The van der Waals surface area contributed by atoms with Crippen molar-refractivity contribution < 1.29 is 9.53 Å². The molecule has 5 heteroatoms. The number of hydrogen-bond donors (Lipinski definition) is 1. The van der Waals surface area contributed by atoms with Gasteiger partial charge in [-0.15, -0.1) is 0 Å². The number of carbonyl (C=O) groups excluding carboxylic acids is 1. The Labute approximate surface area is 90.5 Å². The summed E-state index contributed by atoms with van der Waals surface area (Å²) in [4.78, 5) is 17.8. The molecule has 0 unspecified atom stereocenters. The molecule has 1 amide bonds. The van der Waals surface area contributed by atoms with Crippen LogP contribution < -0.4 is 5.32 Å². The van der Waals surface area contributed by atoms with Crippen LogP contribution in [0.1, 0.15) is 12.8 Å². The maximum Gasteiger partial charge on any atom is 0.230 e. The van der Waals surface area contributed by atoms with Gasteiger partial charge in [-0.1, -0.05) is 0 Å². The van der Waals surface area contributed by atoms with Crippen LogP contribution in [0, 0.1) is 0 Å². The Morgan fingerprint density at radius 3 is 3.13 bits per heavy atom. The van der Waals surface area contributed by atoms with Gasteiger partial charge in [0.05, 0.1) is 19.6 Å². The Morgan fingerprint density at radius 1 is 1.67 bits per heavy atom. The smallest absolute Gasteiger partial charge is 0.230 e. The van der Waals surface area contributed by atoms with Gasteiger partial charge < -0.3 is 10.1 Å². The number of amidine groups is 1. The zero-order valence-electron chi connectivity index (χ0n) is 9.45. The highest BCUT2D eigenvalue weighted by molar-refractivity contribution is 5.99. The number of amides is 1. The minimum atomic E-state index is 0.115. The highest BCUT2D eigenvalue weighted by Gasteiger charge is 2.22. The normalized spacial score (nSPS) is 15.6. The van der Waals surface area contributed by atoms with E-state index in [-0.39, 0.29) is 5.91 Å². The molecule has 0 radical (unpaired) electrons. The second-order valence-corrected chi connectivity index (χ2v) is 3.44. The summed E-state index contributed by atoms with van der Waals surface area (Å²) in [5, 5.41) is 3.05. The minimum Gasteiger partial charge on any atom is -0.384 e. The van der Waals surface area contributed by atoms with Crippen LogP contribution in [0.25, 0.3) is 0 Å². The molecule has 15 heavy (non-hydrogen) atoms. The van der Waals surface area contributed by atoms with Crippen LogP contribution in [0.2, 0.25) is 0 Å². The monoisotopic (exact) mass is 213 g/mol.